The van der Waals surface area contributed by atoms with Crippen molar-refractivity contribution in [3.8, 4) is 0 Å². The molecule has 1 aromatic heterocycles. The maximum Gasteiger partial charge on any atom is 0.258 e. The minimum Gasteiger partial charge on any atom is -0.366 e. The number of nitrogens with one attached hydrogen (secondary N) is 3. The van der Waals surface area contributed by atoms with Gasteiger partial charge in [-0.25, -0.2) is 4.98 Å². The van der Waals surface area contributed by atoms with Crippen LogP contribution in [0.2, 0.25) is 0 Å². The highest BCUT2D eigenvalue weighted by Gasteiger charge is 2.26. The van der Waals surface area contributed by atoms with Crippen molar-refractivity contribution in [3.63, 3.8) is 0 Å². The van der Waals surface area contributed by atoms with Gasteiger partial charge in [0.15, 0.2) is 0 Å². The van der Waals surface area contributed by atoms with Crippen LogP contribution in [0.15, 0.2) is 29.1 Å². The van der Waals surface area contributed by atoms with Gasteiger partial charge in [-0.1, -0.05) is 19.1 Å². The van der Waals surface area contributed by atoms with Gasteiger partial charge in [0.1, 0.15) is 11.9 Å². The highest BCUT2D eigenvalue weighted by molar-refractivity contribution is 5.85. The molecular formula is C19H29Cl2N5O3. The van der Waals surface area contributed by atoms with E-state index in [4.69, 9.17) is 4.74 Å². The van der Waals surface area contributed by atoms with E-state index in [1.165, 1.54) is 0 Å². The number of halogens is 2. The van der Waals surface area contributed by atoms with Gasteiger partial charge in [-0.3, -0.25) is 14.5 Å². The number of nitrogens with zero attached hydrogens (tertiary/aromatic N) is 2. The highest BCUT2D eigenvalue weighted by atomic mass is 35.5. The summed E-state index contributed by atoms with van der Waals surface area (Å²) in [4.78, 5) is 33.9. The Labute approximate surface area is 182 Å². The second-order valence-electron chi connectivity index (χ2n) is 6.67. The summed E-state index contributed by atoms with van der Waals surface area (Å²) in [7, 11) is 0. The van der Waals surface area contributed by atoms with Crippen LogP contribution in [0.25, 0.3) is 10.9 Å². The summed E-state index contributed by atoms with van der Waals surface area (Å²) < 4.78 is 5.61. The Kier molecular flexibility index (Phi) is 11.2. The SMILES string of the molecule is CCCNCCNC(=O)C1CN(Cc2nc3ccccc3c(=O)[nH]2)CCO1.Cl.Cl. The molecule has 1 aromatic carbocycles. The molecule has 1 aliphatic rings. The molecule has 0 bridgehead atoms. The number of carbonyl (C=O) groups excluding carboxylic acids is 1. The summed E-state index contributed by atoms with van der Waals surface area (Å²) in [6.07, 6.45) is 0.566. The molecular weight excluding hydrogens is 417 g/mol. The fraction of sp³-hybridized carbons (Fsp3) is 0.526. The molecule has 0 radical (unpaired) electrons. The molecule has 2 aromatic rings. The number of rotatable bonds is 8. The Bertz CT molecular complexity index is 833. The van der Waals surface area contributed by atoms with Crippen LogP contribution in [-0.4, -0.2) is 66.2 Å². The van der Waals surface area contributed by atoms with Crippen molar-refractivity contribution in [1.82, 2.24) is 25.5 Å². The predicted octanol–water partition coefficient (Wildman–Crippen LogP) is 1.08. The summed E-state index contributed by atoms with van der Waals surface area (Å²) in [6.45, 7) is 6.50. The van der Waals surface area contributed by atoms with E-state index >= 15 is 0 Å². The van der Waals surface area contributed by atoms with Crippen molar-refractivity contribution in [2.45, 2.75) is 26.0 Å². The summed E-state index contributed by atoms with van der Waals surface area (Å²) in [5.41, 5.74) is 0.538. The van der Waals surface area contributed by atoms with Gasteiger partial charge in [-0.2, -0.15) is 0 Å². The van der Waals surface area contributed by atoms with Crippen LogP contribution >= 0.6 is 24.8 Å². The average molecular weight is 446 g/mol. The molecule has 162 valence electrons. The first-order chi connectivity index (χ1) is 13.2. The molecule has 8 nitrogen and oxygen atoms in total. The first-order valence-electron chi connectivity index (χ1n) is 9.47. The molecule has 1 amide bonds. The summed E-state index contributed by atoms with van der Waals surface area (Å²) >= 11 is 0. The first kappa shape index (κ1) is 25.3. The zero-order valence-corrected chi connectivity index (χ0v) is 18.1. The van der Waals surface area contributed by atoms with E-state index in [1.807, 2.05) is 18.2 Å². The fourth-order valence-corrected chi connectivity index (χ4v) is 3.12. The van der Waals surface area contributed by atoms with E-state index in [0.29, 0.717) is 49.5 Å². The zero-order valence-electron chi connectivity index (χ0n) is 16.5. The Balaban J connectivity index is 0.00000210. The van der Waals surface area contributed by atoms with Crippen LogP contribution < -0.4 is 16.2 Å². The van der Waals surface area contributed by atoms with Gasteiger partial charge in [0.05, 0.1) is 24.1 Å². The molecule has 2 heterocycles. The Morgan fingerprint density at radius 2 is 2.07 bits per heavy atom. The maximum absolute atomic E-state index is 12.3. The normalized spacial score (nSPS) is 16.7. The lowest BCUT2D eigenvalue weighted by molar-refractivity contribution is -0.138. The first-order valence-corrected chi connectivity index (χ1v) is 9.47. The minimum atomic E-state index is -0.503. The maximum atomic E-state index is 12.3. The van der Waals surface area contributed by atoms with E-state index in [0.717, 1.165) is 19.5 Å². The van der Waals surface area contributed by atoms with E-state index in [1.54, 1.807) is 6.07 Å². The van der Waals surface area contributed by atoms with Gasteiger partial charge < -0.3 is 20.4 Å². The number of ether oxygens (including phenoxy) is 1. The van der Waals surface area contributed by atoms with Crippen molar-refractivity contribution in [2.24, 2.45) is 0 Å². The van der Waals surface area contributed by atoms with E-state index in [2.05, 4.69) is 32.4 Å². The van der Waals surface area contributed by atoms with Gasteiger partial charge in [-0.05, 0) is 25.1 Å². The number of hydrogen-bond acceptors (Lipinski definition) is 6. The second kappa shape index (κ2) is 12.8. The predicted molar refractivity (Wildman–Crippen MR) is 118 cm³/mol. The molecule has 1 saturated heterocycles. The number of H-pyrrole nitrogens is 1. The third kappa shape index (κ3) is 7.24. The number of benzene rings is 1. The van der Waals surface area contributed by atoms with Crippen molar-refractivity contribution < 1.29 is 9.53 Å². The second-order valence-corrected chi connectivity index (χ2v) is 6.67. The zero-order chi connectivity index (χ0) is 19.1. The highest BCUT2D eigenvalue weighted by Crippen LogP contribution is 2.10. The average Bonchev–Trinajstić information content (AvgIpc) is 2.68. The Morgan fingerprint density at radius 3 is 2.86 bits per heavy atom. The van der Waals surface area contributed by atoms with Gasteiger partial charge in [0, 0.05) is 26.2 Å². The lowest BCUT2D eigenvalue weighted by atomic mass is 10.2. The number of carbonyl (C=O) groups is 1. The van der Waals surface area contributed by atoms with Gasteiger partial charge in [0.2, 0.25) is 0 Å². The van der Waals surface area contributed by atoms with Crippen LogP contribution in [0.5, 0.6) is 0 Å². The largest absolute Gasteiger partial charge is 0.366 e. The van der Waals surface area contributed by atoms with Crippen molar-refractivity contribution in [2.75, 3.05) is 39.3 Å². The van der Waals surface area contributed by atoms with Crippen molar-refractivity contribution in [3.05, 3.63) is 40.4 Å². The lowest BCUT2D eigenvalue weighted by Gasteiger charge is -2.31. The molecule has 10 heteroatoms. The quantitative estimate of drug-likeness (QED) is 0.525. The van der Waals surface area contributed by atoms with Crippen molar-refractivity contribution >= 4 is 41.6 Å². The number of para-hydroxylation sites is 1. The topological polar surface area (TPSA) is 99.4 Å². The molecule has 0 saturated carbocycles. The summed E-state index contributed by atoms with van der Waals surface area (Å²) in [6, 6.07) is 7.27. The number of hydrogen-bond donors (Lipinski definition) is 3. The Hall–Kier alpha value is -1.71. The third-order valence-electron chi connectivity index (χ3n) is 4.51. The van der Waals surface area contributed by atoms with Crippen LogP contribution in [0.1, 0.15) is 19.2 Å². The van der Waals surface area contributed by atoms with E-state index in [9.17, 15) is 9.59 Å². The molecule has 3 N–H and O–H groups in total. The number of aromatic amines is 1. The molecule has 0 spiro atoms. The fourth-order valence-electron chi connectivity index (χ4n) is 3.12. The van der Waals surface area contributed by atoms with Crippen LogP contribution in [0.4, 0.5) is 0 Å². The van der Waals surface area contributed by atoms with Crippen LogP contribution in [-0.2, 0) is 16.1 Å². The van der Waals surface area contributed by atoms with E-state index in [-0.39, 0.29) is 36.3 Å². The number of amides is 1. The molecule has 0 aliphatic carbocycles. The van der Waals surface area contributed by atoms with Gasteiger partial charge in [-0.15, -0.1) is 24.8 Å². The summed E-state index contributed by atoms with van der Waals surface area (Å²) in [5, 5.41) is 6.73. The van der Waals surface area contributed by atoms with Gasteiger partial charge in [0.25, 0.3) is 11.5 Å². The lowest BCUT2D eigenvalue weighted by Crippen LogP contribution is -2.50. The van der Waals surface area contributed by atoms with Gasteiger partial charge >= 0.3 is 0 Å². The smallest absolute Gasteiger partial charge is 0.258 e. The standard InChI is InChI=1S/C19H27N5O3.2ClH/c1-2-7-20-8-9-21-19(26)16-12-24(10-11-27-16)13-17-22-15-6-4-3-5-14(15)18(25)23-17;;/h3-6,16,20H,2,7-13H2,1H3,(H,21,26)(H,22,23,25);2*1H. The van der Waals surface area contributed by atoms with E-state index < -0.39 is 6.10 Å². The monoisotopic (exact) mass is 445 g/mol. The van der Waals surface area contributed by atoms with Crippen molar-refractivity contribution in [1.29, 1.82) is 0 Å². The molecule has 1 aliphatic heterocycles. The number of fused-ring (bicyclic) bond motifs is 1. The molecule has 3 rings (SSSR count). The Morgan fingerprint density at radius 1 is 1.28 bits per heavy atom. The van der Waals surface area contributed by atoms with Crippen LogP contribution in [0, 0.1) is 0 Å². The molecule has 1 unspecified atom stereocenters. The minimum absolute atomic E-state index is 0. The summed E-state index contributed by atoms with van der Waals surface area (Å²) in [5.74, 6) is 0.501. The number of aromatic nitrogens is 2. The molecule has 1 fully saturated rings. The van der Waals surface area contributed by atoms with Crippen LogP contribution in [0.3, 0.4) is 0 Å². The molecule has 29 heavy (non-hydrogen) atoms. The third-order valence-corrected chi connectivity index (χ3v) is 4.51. The number of morpholine rings is 1. The molecule has 1 atom stereocenters.